The lowest BCUT2D eigenvalue weighted by Crippen LogP contribution is -2.50. The smallest absolute Gasteiger partial charge is 0.261 e. The van der Waals surface area contributed by atoms with Crippen molar-refractivity contribution >= 4 is 27.5 Å². The van der Waals surface area contributed by atoms with Crippen LogP contribution in [0.3, 0.4) is 0 Å². The molecule has 4 rings (SSSR count). The predicted octanol–water partition coefficient (Wildman–Crippen LogP) is 4.90. The number of carbonyl (C=O) groups is 1. The molecular weight excluding hydrogens is 368 g/mol. The fourth-order valence-electron chi connectivity index (χ4n) is 4.71. The molecule has 1 saturated heterocycles. The first-order valence-corrected chi connectivity index (χ1v) is 11.7. The van der Waals surface area contributed by atoms with Crippen molar-refractivity contribution in [3.05, 3.63) is 16.6 Å². The molecule has 1 aliphatic heterocycles. The summed E-state index contributed by atoms with van der Waals surface area (Å²) in [6.45, 7) is 11.0. The van der Waals surface area contributed by atoms with E-state index >= 15 is 0 Å². The molecule has 2 fully saturated rings. The standard InChI is InChI=1S/C22H34N4OS/c1-15-18-14-19(28-21(18)26(24-15)17-8-6-5-7-9-17)20(27)23-16-10-12-25(13-11-16)22(2,3)4/h14,16-17H,5-13H2,1-4H3,(H,23,27). The summed E-state index contributed by atoms with van der Waals surface area (Å²) in [5, 5.41) is 9.26. The van der Waals surface area contributed by atoms with Gasteiger partial charge in [-0.1, -0.05) is 19.3 Å². The zero-order chi connectivity index (χ0) is 19.9. The van der Waals surface area contributed by atoms with Gasteiger partial charge in [-0.05, 0) is 59.4 Å². The largest absolute Gasteiger partial charge is 0.349 e. The Labute approximate surface area is 172 Å². The number of nitrogens with zero attached hydrogens (tertiary/aromatic N) is 3. The molecule has 2 aromatic heterocycles. The highest BCUT2D eigenvalue weighted by Crippen LogP contribution is 2.35. The quantitative estimate of drug-likeness (QED) is 0.794. The van der Waals surface area contributed by atoms with Crippen molar-refractivity contribution in [2.75, 3.05) is 13.1 Å². The van der Waals surface area contributed by atoms with Crippen molar-refractivity contribution in [1.29, 1.82) is 0 Å². The summed E-state index contributed by atoms with van der Waals surface area (Å²) in [5.74, 6) is 0.0880. The number of piperidine rings is 1. The normalized spacial score (nSPS) is 20.7. The highest BCUT2D eigenvalue weighted by atomic mass is 32.1. The monoisotopic (exact) mass is 402 g/mol. The number of fused-ring (bicyclic) bond motifs is 1. The van der Waals surface area contributed by atoms with Crippen molar-refractivity contribution in [3.8, 4) is 0 Å². The van der Waals surface area contributed by atoms with E-state index in [0.29, 0.717) is 6.04 Å². The van der Waals surface area contributed by atoms with E-state index in [9.17, 15) is 4.79 Å². The van der Waals surface area contributed by atoms with Crippen molar-refractivity contribution in [2.24, 2.45) is 0 Å². The second-order valence-electron chi connectivity index (χ2n) is 9.56. The van der Waals surface area contributed by atoms with E-state index in [4.69, 9.17) is 5.10 Å². The van der Waals surface area contributed by atoms with Gasteiger partial charge in [0.2, 0.25) is 0 Å². The Kier molecular flexibility index (Phi) is 5.53. The van der Waals surface area contributed by atoms with Gasteiger partial charge in [0.05, 0.1) is 16.6 Å². The molecule has 0 aromatic carbocycles. The molecule has 1 N–H and O–H groups in total. The summed E-state index contributed by atoms with van der Waals surface area (Å²) in [4.78, 5) is 17.4. The van der Waals surface area contributed by atoms with Gasteiger partial charge in [0.15, 0.2) is 0 Å². The third-order valence-corrected chi connectivity index (χ3v) is 7.61. The van der Waals surface area contributed by atoms with Crippen LogP contribution in [0.2, 0.25) is 0 Å². The lowest BCUT2D eigenvalue weighted by atomic mass is 9.96. The van der Waals surface area contributed by atoms with Gasteiger partial charge < -0.3 is 5.32 Å². The van der Waals surface area contributed by atoms with Crippen LogP contribution in [-0.2, 0) is 0 Å². The van der Waals surface area contributed by atoms with Crippen molar-refractivity contribution in [2.45, 2.75) is 90.3 Å². The van der Waals surface area contributed by atoms with Gasteiger partial charge in [0, 0.05) is 30.1 Å². The molecule has 0 bridgehead atoms. The van der Waals surface area contributed by atoms with Gasteiger partial charge in [-0.25, -0.2) is 0 Å². The number of rotatable bonds is 3. The Morgan fingerprint density at radius 1 is 1.14 bits per heavy atom. The first kappa shape index (κ1) is 19.9. The summed E-state index contributed by atoms with van der Waals surface area (Å²) in [6.07, 6.45) is 8.40. The second-order valence-corrected chi connectivity index (χ2v) is 10.6. The predicted molar refractivity (Wildman–Crippen MR) is 116 cm³/mol. The van der Waals surface area contributed by atoms with Gasteiger partial charge in [0.1, 0.15) is 4.83 Å². The molecule has 1 aliphatic carbocycles. The Hall–Kier alpha value is -1.40. The fraction of sp³-hybridized carbons (Fsp3) is 0.727. The molecule has 0 atom stereocenters. The lowest BCUT2D eigenvalue weighted by molar-refractivity contribution is 0.0815. The third kappa shape index (κ3) is 3.99. The number of nitrogens with one attached hydrogen (secondary N) is 1. The molecule has 5 nitrogen and oxygen atoms in total. The molecular formula is C22H34N4OS. The summed E-state index contributed by atoms with van der Waals surface area (Å²) in [5.41, 5.74) is 1.26. The summed E-state index contributed by atoms with van der Waals surface area (Å²) < 4.78 is 2.22. The van der Waals surface area contributed by atoms with Gasteiger partial charge in [-0.3, -0.25) is 14.4 Å². The van der Waals surface area contributed by atoms with Gasteiger partial charge in [-0.15, -0.1) is 11.3 Å². The molecule has 3 heterocycles. The number of thiophene rings is 1. The van der Waals surface area contributed by atoms with E-state index in [-0.39, 0.29) is 17.5 Å². The number of hydrogen-bond donors (Lipinski definition) is 1. The fourth-order valence-corrected chi connectivity index (χ4v) is 5.84. The van der Waals surface area contributed by atoms with Crippen LogP contribution >= 0.6 is 11.3 Å². The Morgan fingerprint density at radius 3 is 2.46 bits per heavy atom. The highest BCUT2D eigenvalue weighted by molar-refractivity contribution is 7.20. The Balaban J connectivity index is 1.45. The Morgan fingerprint density at radius 2 is 1.82 bits per heavy atom. The van der Waals surface area contributed by atoms with Crippen LogP contribution in [0.15, 0.2) is 6.07 Å². The number of carbonyl (C=O) groups excluding carboxylic acids is 1. The van der Waals surface area contributed by atoms with E-state index in [1.807, 2.05) is 0 Å². The SMILES string of the molecule is Cc1nn(C2CCCCC2)c2sc(C(=O)NC3CCN(C(C)(C)C)CC3)cc12. The number of aromatic nitrogens is 2. The number of amides is 1. The summed E-state index contributed by atoms with van der Waals surface area (Å²) >= 11 is 1.62. The molecule has 28 heavy (non-hydrogen) atoms. The van der Waals surface area contributed by atoms with Crippen molar-refractivity contribution < 1.29 is 4.79 Å². The van der Waals surface area contributed by atoms with E-state index in [1.54, 1.807) is 11.3 Å². The molecule has 154 valence electrons. The van der Waals surface area contributed by atoms with E-state index in [1.165, 1.54) is 36.9 Å². The minimum Gasteiger partial charge on any atom is -0.349 e. The lowest BCUT2D eigenvalue weighted by Gasteiger charge is -2.41. The van der Waals surface area contributed by atoms with Crippen LogP contribution in [-0.4, -0.2) is 45.3 Å². The maximum absolute atomic E-state index is 12.9. The molecule has 0 spiro atoms. The van der Waals surface area contributed by atoms with Gasteiger partial charge in [0.25, 0.3) is 5.91 Å². The minimum atomic E-state index is 0.0880. The van der Waals surface area contributed by atoms with E-state index in [0.717, 1.165) is 41.9 Å². The number of aryl methyl sites for hydroxylation is 1. The summed E-state index contributed by atoms with van der Waals surface area (Å²) in [7, 11) is 0. The number of likely N-dealkylation sites (tertiary alicyclic amines) is 1. The molecule has 1 amide bonds. The van der Waals surface area contributed by atoms with Crippen LogP contribution in [0.1, 0.15) is 87.1 Å². The molecule has 2 aromatic rings. The van der Waals surface area contributed by atoms with E-state index < -0.39 is 0 Å². The third-order valence-electron chi connectivity index (χ3n) is 6.49. The van der Waals surface area contributed by atoms with Crippen LogP contribution in [0, 0.1) is 6.92 Å². The van der Waals surface area contributed by atoms with Crippen molar-refractivity contribution in [1.82, 2.24) is 20.0 Å². The van der Waals surface area contributed by atoms with Crippen LogP contribution in [0.4, 0.5) is 0 Å². The summed E-state index contributed by atoms with van der Waals surface area (Å²) in [6, 6.07) is 2.84. The average Bonchev–Trinajstić information content (AvgIpc) is 3.23. The topological polar surface area (TPSA) is 50.2 Å². The average molecular weight is 403 g/mol. The number of hydrogen-bond acceptors (Lipinski definition) is 4. The first-order valence-electron chi connectivity index (χ1n) is 10.9. The van der Waals surface area contributed by atoms with Crippen LogP contribution in [0.5, 0.6) is 0 Å². The van der Waals surface area contributed by atoms with Crippen LogP contribution in [0.25, 0.3) is 10.2 Å². The Bertz CT molecular complexity index is 833. The molecule has 1 saturated carbocycles. The zero-order valence-electron chi connectivity index (χ0n) is 17.8. The van der Waals surface area contributed by atoms with Gasteiger partial charge >= 0.3 is 0 Å². The molecule has 0 radical (unpaired) electrons. The molecule has 0 unspecified atom stereocenters. The van der Waals surface area contributed by atoms with Gasteiger partial charge in [-0.2, -0.15) is 5.10 Å². The minimum absolute atomic E-state index is 0.0880. The van der Waals surface area contributed by atoms with Crippen LogP contribution < -0.4 is 5.32 Å². The maximum atomic E-state index is 12.9. The van der Waals surface area contributed by atoms with Crippen molar-refractivity contribution in [3.63, 3.8) is 0 Å². The first-order chi connectivity index (χ1) is 13.3. The molecule has 6 heteroatoms. The maximum Gasteiger partial charge on any atom is 0.261 e. The van der Waals surface area contributed by atoms with E-state index in [2.05, 4.69) is 48.7 Å². The molecule has 2 aliphatic rings. The zero-order valence-corrected chi connectivity index (χ0v) is 18.6. The second kappa shape index (κ2) is 7.79. The highest BCUT2D eigenvalue weighted by Gasteiger charge is 2.28.